The number of aromatic amines is 1. The Kier molecular flexibility index (Phi) is 12.3. The topological polar surface area (TPSA) is 196 Å². The zero-order valence-electron chi connectivity index (χ0n) is 27.6. The lowest BCUT2D eigenvalue weighted by molar-refractivity contribution is -0.130. The predicted octanol–water partition coefficient (Wildman–Crippen LogP) is 3.93. The third-order valence-corrected chi connectivity index (χ3v) is 10.2. The van der Waals surface area contributed by atoms with Crippen LogP contribution in [0.1, 0.15) is 33.6 Å². The van der Waals surface area contributed by atoms with E-state index >= 15 is 0 Å². The highest BCUT2D eigenvalue weighted by Crippen LogP contribution is 2.46. The zero-order chi connectivity index (χ0) is 36.2. The Morgan fingerprint density at radius 3 is 2.20 bits per heavy atom. The summed E-state index contributed by atoms with van der Waals surface area (Å²) in [5, 5.41) is 9.61. The smallest absolute Gasteiger partial charge is 0.251 e. The number of H-pyrrole nitrogens is 1. The molecule has 0 aliphatic heterocycles. The van der Waals surface area contributed by atoms with Gasteiger partial charge in [0.1, 0.15) is 24.0 Å². The van der Waals surface area contributed by atoms with Crippen LogP contribution in [-0.4, -0.2) is 62.5 Å². The van der Waals surface area contributed by atoms with Crippen LogP contribution in [0.4, 0.5) is 0 Å². The molecule has 4 amide bonds. The molecule has 4 aromatic carbocycles. The molecule has 0 spiro atoms. The second-order valence-corrected chi connectivity index (χ2v) is 14.5. The first kappa shape index (κ1) is 36.4. The molecule has 0 saturated carbocycles. The second-order valence-electron chi connectivity index (χ2n) is 12.1. The number of hydrogen-bond acceptors (Lipinski definition) is 6. The maximum absolute atomic E-state index is 14.0. The van der Waals surface area contributed by atoms with Gasteiger partial charge >= 0.3 is 0 Å². The third-order valence-electron chi connectivity index (χ3n) is 8.21. The quantitative estimate of drug-likeness (QED) is 0.0836. The van der Waals surface area contributed by atoms with E-state index in [1.807, 2.05) is 54.6 Å². The van der Waals surface area contributed by atoms with Crippen molar-refractivity contribution in [2.75, 3.05) is 6.16 Å². The fourth-order valence-corrected chi connectivity index (χ4v) is 7.04. The number of carbonyl (C=O) groups excluding carboxylic acids is 4. The Morgan fingerprint density at radius 1 is 0.824 bits per heavy atom. The van der Waals surface area contributed by atoms with Crippen molar-refractivity contribution in [1.82, 2.24) is 25.9 Å². The van der Waals surface area contributed by atoms with Crippen molar-refractivity contribution in [3.63, 3.8) is 0 Å². The number of rotatable bonds is 16. The minimum absolute atomic E-state index is 0.0100. The number of hydrogen-bond donors (Lipinski definition) is 6. The molecule has 0 fully saturated rings. The van der Waals surface area contributed by atoms with Gasteiger partial charge in [0.25, 0.3) is 5.91 Å². The van der Waals surface area contributed by atoms with E-state index < -0.39 is 55.0 Å². The van der Waals surface area contributed by atoms with Gasteiger partial charge in [-0.05, 0) is 40.5 Å². The number of aromatic nitrogens is 2. The highest BCUT2D eigenvalue weighted by molar-refractivity contribution is 7.59. The fraction of sp³-hybridized carbons (Fsp3) is 0.184. The molecule has 2 unspecified atom stereocenters. The molecular formula is C38H39N6O6P. The Morgan fingerprint density at radius 2 is 1.51 bits per heavy atom. The van der Waals surface area contributed by atoms with Crippen molar-refractivity contribution < 1.29 is 28.6 Å². The van der Waals surface area contributed by atoms with Crippen LogP contribution in [0.3, 0.4) is 0 Å². The lowest BCUT2D eigenvalue weighted by Crippen LogP contribution is -2.54. The number of imidazole rings is 1. The molecule has 0 aliphatic carbocycles. The van der Waals surface area contributed by atoms with Crippen molar-refractivity contribution >= 4 is 47.8 Å². The Bertz CT molecular complexity index is 2040. The fourth-order valence-electron chi connectivity index (χ4n) is 5.50. The molecule has 262 valence electrons. The number of nitrogens with zero attached hydrogens (tertiary/aromatic N) is 1. The van der Waals surface area contributed by atoms with E-state index in [9.17, 15) is 28.6 Å². The lowest BCUT2D eigenvalue weighted by Gasteiger charge is -2.26. The summed E-state index contributed by atoms with van der Waals surface area (Å²) in [6.07, 6.45) is 5.46. The average Bonchev–Trinajstić information content (AvgIpc) is 3.64. The van der Waals surface area contributed by atoms with Crippen molar-refractivity contribution in [2.45, 2.75) is 37.1 Å². The van der Waals surface area contributed by atoms with Crippen LogP contribution >= 0.6 is 7.37 Å². The Hall–Kier alpha value is -5.84. The molecule has 0 radical (unpaired) electrons. The number of primary amides is 1. The van der Waals surface area contributed by atoms with Gasteiger partial charge in [0.15, 0.2) is 0 Å². The van der Waals surface area contributed by atoms with Gasteiger partial charge in [-0.15, -0.1) is 0 Å². The monoisotopic (exact) mass is 706 g/mol. The van der Waals surface area contributed by atoms with Gasteiger partial charge in [-0.1, -0.05) is 103 Å². The SMILES string of the molecule is NC(=O)[C@H](Cc1cnc[nH]1)NC(=O)C(CC=Cc1ccccc1)NC(=O)CP(=O)(O)[C@@H](Cc1ccccc1)NC(=O)c1ccc2ccccc2c1. The second kappa shape index (κ2) is 17.2. The minimum atomic E-state index is -4.47. The number of nitrogens with one attached hydrogen (secondary N) is 4. The first-order valence-corrected chi connectivity index (χ1v) is 18.2. The number of amides is 4. The molecule has 1 heterocycles. The zero-order valence-corrected chi connectivity index (χ0v) is 28.5. The Labute approximate surface area is 295 Å². The van der Waals surface area contributed by atoms with E-state index in [2.05, 4.69) is 25.9 Å². The highest BCUT2D eigenvalue weighted by atomic mass is 31.2. The summed E-state index contributed by atoms with van der Waals surface area (Å²) in [5.41, 5.74) is 7.94. The van der Waals surface area contributed by atoms with Gasteiger partial charge in [0.2, 0.25) is 25.1 Å². The van der Waals surface area contributed by atoms with Gasteiger partial charge in [0, 0.05) is 30.3 Å². The van der Waals surface area contributed by atoms with Crippen LogP contribution in [0.25, 0.3) is 16.8 Å². The molecule has 51 heavy (non-hydrogen) atoms. The summed E-state index contributed by atoms with van der Waals surface area (Å²) in [6.45, 7) is 0. The van der Waals surface area contributed by atoms with E-state index in [0.717, 1.165) is 16.3 Å². The molecule has 0 bridgehead atoms. The van der Waals surface area contributed by atoms with Crippen LogP contribution in [0.2, 0.25) is 0 Å². The largest absolute Gasteiger partial charge is 0.368 e. The summed E-state index contributed by atoms with van der Waals surface area (Å²) in [6, 6.07) is 28.4. The van der Waals surface area contributed by atoms with E-state index in [1.54, 1.807) is 60.7 Å². The van der Waals surface area contributed by atoms with Crippen LogP contribution in [0.5, 0.6) is 0 Å². The molecular weight excluding hydrogens is 667 g/mol. The summed E-state index contributed by atoms with van der Waals surface area (Å²) in [4.78, 5) is 70.9. The molecule has 0 saturated heterocycles. The third kappa shape index (κ3) is 10.6. The lowest BCUT2D eigenvalue weighted by atomic mass is 10.1. The first-order valence-electron chi connectivity index (χ1n) is 16.3. The molecule has 0 aliphatic rings. The minimum Gasteiger partial charge on any atom is -0.368 e. The molecule has 5 aromatic rings. The van der Waals surface area contributed by atoms with Crippen LogP contribution < -0.4 is 21.7 Å². The molecule has 4 atom stereocenters. The maximum atomic E-state index is 14.0. The molecule has 7 N–H and O–H groups in total. The maximum Gasteiger partial charge on any atom is 0.251 e. The van der Waals surface area contributed by atoms with E-state index in [-0.39, 0.29) is 24.8 Å². The summed E-state index contributed by atoms with van der Waals surface area (Å²) in [5.74, 6) is -4.31. The molecule has 12 nitrogen and oxygen atoms in total. The molecule has 5 rings (SSSR count). The summed E-state index contributed by atoms with van der Waals surface area (Å²) in [7, 11) is -4.47. The van der Waals surface area contributed by atoms with E-state index in [1.165, 1.54) is 12.5 Å². The van der Waals surface area contributed by atoms with Crippen molar-refractivity contribution in [1.29, 1.82) is 0 Å². The predicted molar refractivity (Wildman–Crippen MR) is 195 cm³/mol. The molecule has 1 aromatic heterocycles. The standard InChI is InChI=1S/C38H39N6O6P/c39-36(46)33(22-31-23-40-25-41-31)43-38(48)32(17-9-14-26-10-3-1-4-11-26)42-34(45)24-51(49,50)35(20-27-12-5-2-6-13-27)44-37(47)30-19-18-28-15-7-8-16-29(28)21-30/h1-16,18-19,21,23,25,32-33,35H,17,20,22,24H2,(H2,39,46)(H,40,41)(H,42,45)(H,43,48)(H,44,47)(H,49,50)/t32?,33-,35-/m0/s1. The van der Waals surface area contributed by atoms with E-state index in [4.69, 9.17) is 5.73 Å². The normalized spacial score (nSPS) is 14.2. The van der Waals surface area contributed by atoms with Crippen LogP contribution in [-0.2, 0) is 31.8 Å². The van der Waals surface area contributed by atoms with Gasteiger partial charge in [-0.25, -0.2) is 4.98 Å². The van der Waals surface area contributed by atoms with Crippen molar-refractivity contribution in [2.24, 2.45) is 5.73 Å². The first-order chi connectivity index (χ1) is 24.6. The van der Waals surface area contributed by atoms with Gasteiger partial charge in [-0.2, -0.15) is 0 Å². The summed E-state index contributed by atoms with van der Waals surface area (Å²) >= 11 is 0. The Balaban J connectivity index is 1.34. The number of nitrogens with two attached hydrogens (primary N) is 1. The van der Waals surface area contributed by atoms with Gasteiger partial charge in [-0.3, -0.25) is 23.7 Å². The van der Waals surface area contributed by atoms with Crippen LogP contribution in [0.15, 0.2) is 122 Å². The number of benzene rings is 4. The van der Waals surface area contributed by atoms with Crippen molar-refractivity contribution in [3.05, 3.63) is 144 Å². The highest BCUT2D eigenvalue weighted by Gasteiger charge is 2.36. The van der Waals surface area contributed by atoms with Crippen molar-refractivity contribution in [3.8, 4) is 0 Å². The van der Waals surface area contributed by atoms with E-state index in [0.29, 0.717) is 11.3 Å². The number of carbonyl (C=O) groups is 4. The summed E-state index contributed by atoms with van der Waals surface area (Å²) < 4.78 is 14.0. The average molecular weight is 707 g/mol. The molecule has 13 heteroatoms. The van der Waals surface area contributed by atoms with Gasteiger partial charge < -0.3 is 31.6 Å². The van der Waals surface area contributed by atoms with Gasteiger partial charge in [0.05, 0.1) is 6.33 Å². The number of fused-ring (bicyclic) bond motifs is 1. The van der Waals surface area contributed by atoms with Crippen LogP contribution in [0, 0.1) is 0 Å².